The van der Waals surface area contributed by atoms with Gasteiger partial charge in [0.05, 0.1) is 0 Å². The number of anilines is 2. The minimum Gasteiger partial charge on any atom is -0.398 e. The molecule has 130 valence electrons. The van der Waals surface area contributed by atoms with Crippen LogP contribution in [0.3, 0.4) is 0 Å². The van der Waals surface area contributed by atoms with Crippen LogP contribution in [0.25, 0.3) is 16.7 Å². The molecule has 0 saturated carbocycles. The molecule has 0 unspecified atom stereocenters. The Balaban J connectivity index is 1.88. The Hall–Kier alpha value is -2.52. The molecule has 1 aliphatic rings. The lowest BCUT2D eigenvalue weighted by atomic mass is 9.97. The van der Waals surface area contributed by atoms with Crippen LogP contribution in [0.2, 0.25) is 0 Å². The molecule has 1 aliphatic heterocycles. The van der Waals surface area contributed by atoms with E-state index in [0.29, 0.717) is 0 Å². The first-order valence-electron chi connectivity index (χ1n) is 8.94. The zero-order valence-corrected chi connectivity index (χ0v) is 15.1. The first-order chi connectivity index (χ1) is 12.2. The van der Waals surface area contributed by atoms with Gasteiger partial charge in [-0.25, -0.2) is 0 Å². The molecule has 1 saturated heterocycles. The summed E-state index contributed by atoms with van der Waals surface area (Å²) >= 11 is 0. The third-order valence-electron chi connectivity index (χ3n) is 4.71. The fourth-order valence-electron chi connectivity index (χ4n) is 3.16. The molecule has 0 aliphatic carbocycles. The minimum absolute atomic E-state index is 0.817. The SMILES string of the molecule is C/C=C\C=C(/C)c1ccc(N)c(-c2ccc(N3CCNCC3)cc2)c1. The molecular weight excluding hydrogens is 306 g/mol. The fraction of sp³-hybridized carbons (Fsp3) is 0.273. The number of nitrogens with two attached hydrogens (primary N) is 1. The van der Waals surface area contributed by atoms with Gasteiger partial charge in [-0.3, -0.25) is 0 Å². The van der Waals surface area contributed by atoms with Crippen LogP contribution in [-0.2, 0) is 0 Å². The Morgan fingerprint density at radius 2 is 1.80 bits per heavy atom. The van der Waals surface area contributed by atoms with Crippen molar-refractivity contribution in [2.75, 3.05) is 36.8 Å². The number of nitrogen functional groups attached to an aromatic ring is 1. The molecule has 25 heavy (non-hydrogen) atoms. The van der Waals surface area contributed by atoms with Crippen molar-refractivity contribution >= 4 is 16.9 Å². The summed E-state index contributed by atoms with van der Waals surface area (Å²) in [4.78, 5) is 2.42. The maximum Gasteiger partial charge on any atom is 0.0394 e. The molecule has 2 aromatic carbocycles. The fourth-order valence-corrected chi connectivity index (χ4v) is 3.16. The highest BCUT2D eigenvalue weighted by atomic mass is 15.2. The van der Waals surface area contributed by atoms with Crippen LogP contribution in [0.15, 0.2) is 60.7 Å². The van der Waals surface area contributed by atoms with Crippen molar-refractivity contribution in [2.45, 2.75) is 13.8 Å². The Kier molecular flexibility index (Phi) is 5.56. The Labute approximate surface area is 150 Å². The number of hydrogen-bond acceptors (Lipinski definition) is 3. The first kappa shape index (κ1) is 17.3. The van der Waals surface area contributed by atoms with Crippen molar-refractivity contribution in [2.24, 2.45) is 0 Å². The number of rotatable bonds is 4. The average molecular weight is 333 g/mol. The lowest BCUT2D eigenvalue weighted by Gasteiger charge is -2.29. The quantitative estimate of drug-likeness (QED) is 0.646. The average Bonchev–Trinajstić information content (AvgIpc) is 2.67. The van der Waals surface area contributed by atoms with E-state index in [4.69, 9.17) is 5.73 Å². The van der Waals surface area contributed by atoms with Gasteiger partial charge in [-0.15, -0.1) is 0 Å². The standard InChI is InChI=1S/C22H27N3/c1-3-4-5-17(2)19-8-11-22(23)21(16-19)18-6-9-20(10-7-18)25-14-12-24-13-15-25/h3-11,16,24H,12-15,23H2,1-2H3/b4-3-,17-5+. The van der Waals surface area contributed by atoms with Crippen LogP contribution < -0.4 is 16.0 Å². The Morgan fingerprint density at radius 3 is 2.48 bits per heavy atom. The number of nitrogens with zero attached hydrogens (tertiary/aromatic N) is 1. The van der Waals surface area contributed by atoms with E-state index in [9.17, 15) is 0 Å². The summed E-state index contributed by atoms with van der Waals surface area (Å²) in [6, 6.07) is 15.0. The summed E-state index contributed by atoms with van der Waals surface area (Å²) in [6.07, 6.45) is 6.23. The highest BCUT2D eigenvalue weighted by Gasteiger charge is 2.11. The largest absolute Gasteiger partial charge is 0.398 e. The van der Waals surface area contributed by atoms with E-state index in [1.165, 1.54) is 16.8 Å². The maximum absolute atomic E-state index is 6.25. The molecule has 1 fully saturated rings. The molecule has 2 aromatic rings. The van der Waals surface area contributed by atoms with E-state index < -0.39 is 0 Å². The van der Waals surface area contributed by atoms with Gasteiger partial charge in [0, 0.05) is 43.1 Å². The van der Waals surface area contributed by atoms with E-state index in [1.807, 2.05) is 19.1 Å². The molecule has 0 atom stereocenters. The van der Waals surface area contributed by atoms with Crippen LogP contribution >= 0.6 is 0 Å². The monoisotopic (exact) mass is 333 g/mol. The molecule has 3 rings (SSSR count). The molecule has 0 aromatic heterocycles. The number of hydrogen-bond donors (Lipinski definition) is 2. The van der Waals surface area contributed by atoms with Crippen molar-refractivity contribution in [1.82, 2.24) is 5.32 Å². The van der Waals surface area contributed by atoms with E-state index in [1.54, 1.807) is 0 Å². The summed E-state index contributed by atoms with van der Waals surface area (Å²) in [6.45, 7) is 8.38. The van der Waals surface area contributed by atoms with Crippen molar-refractivity contribution in [1.29, 1.82) is 0 Å². The van der Waals surface area contributed by atoms with Crippen molar-refractivity contribution in [3.05, 3.63) is 66.3 Å². The van der Waals surface area contributed by atoms with Gasteiger partial charge in [-0.1, -0.05) is 36.4 Å². The third kappa shape index (κ3) is 4.12. The van der Waals surface area contributed by atoms with Crippen LogP contribution in [0, 0.1) is 0 Å². The summed E-state index contributed by atoms with van der Waals surface area (Å²) in [5, 5.41) is 3.39. The van der Waals surface area contributed by atoms with Gasteiger partial charge in [0.2, 0.25) is 0 Å². The van der Waals surface area contributed by atoms with Crippen LogP contribution in [0.1, 0.15) is 19.4 Å². The zero-order valence-electron chi connectivity index (χ0n) is 15.1. The Morgan fingerprint density at radius 1 is 1.08 bits per heavy atom. The van der Waals surface area contributed by atoms with E-state index in [-0.39, 0.29) is 0 Å². The lowest BCUT2D eigenvalue weighted by molar-refractivity contribution is 0.589. The second-order valence-electron chi connectivity index (χ2n) is 6.46. The van der Waals surface area contributed by atoms with Gasteiger partial charge in [0.1, 0.15) is 0 Å². The van der Waals surface area contributed by atoms with Gasteiger partial charge >= 0.3 is 0 Å². The molecule has 1 heterocycles. The third-order valence-corrected chi connectivity index (χ3v) is 4.71. The van der Waals surface area contributed by atoms with Crippen LogP contribution in [0.4, 0.5) is 11.4 Å². The molecule has 0 radical (unpaired) electrons. The number of benzene rings is 2. The molecule has 3 nitrogen and oxygen atoms in total. The molecule has 0 bridgehead atoms. The van der Waals surface area contributed by atoms with Crippen molar-refractivity contribution in [3.63, 3.8) is 0 Å². The van der Waals surface area contributed by atoms with Gasteiger partial charge in [-0.05, 0) is 54.8 Å². The highest BCUT2D eigenvalue weighted by molar-refractivity contribution is 5.81. The van der Waals surface area contributed by atoms with Crippen molar-refractivity contribution < 1.29 is 0 Å². The summed E-state index contributed by atoms with van der Waals surface area (Å²) in [5.41, 5.74) is 13.0. The summed E-state index contributed by atoms with van der Waals surface area (Å²) in [5.74, 6) is 0. The number of piperazine rings is 1. The van der Waals surface area contributed by atoms with Crippen LogP contribution in [-0.4, -0.2) is 26.2 Å². The summed E-state index contributed by atoms with van der Waals surface area (Å²) < 4.78 is 0. The normalized spacial score (nSPS) is 15.8. The molecule has 3 N–H and O–H groups in total. The summed E-state index contributed by atoms with van der Waals surface area (Å²) in [7, 11) is 0. The molecular formula is C22H27N3. The predicted molar refractivity (Wildman–Crippen MR) is 110 cm³/mol. The van der Waals surface area contributed by atoms with Crippen molar-refractivity contribution in [3.8, 4) is 11.1 Å². The first-order valence-corrected chi connectivity index (χ1v) is 8.94. The smallest absolute Gasteiger partial charge is 0.0394 e. The Bertz CT molecular complexity index is 766. The number of allylic oxidation sites excluding steroid dienone is 4. The van der Waals surface area contributed by atoms with E-state index in [2.05, 4.69) is 65.7 Å². The maximum atomic E-state index is 6.25. The molecule has 3 heteroatoms. The predicted octanol–water partition coefficient (Wildman–Crippen LogP) is 4.32. The second kappa shape index (κ2) is 8.04. The zero-order chi connectivity index (χ0) is 17.6. The molecule has 0 amide bonds. The van der Waals surface area contributed by atoms with Gasteiger partial charge < -0.3 is 16.0 Å². The highest BCUT2D eigenvalue weighted by Crippen LogP contribution is 2.31. The van der Waals surface area contributed by atoms with E-state index in [0.717, 1.165) is 43.0 Å². The van der Waals surface area contributed by atoms with Crippen LogP contribution in [0.5, 0.6) is 0 Å². The second-order valence-corrected chi connectivity index (χ2v) is 6.46. The van der Waals surface area contributed by atoms with Gasteiger partial charge in [-0.2, -0.15) is 0 Å². The molecule has 0 spiro atoms. The number of nitrogens with one attached hydrogen (secondary N) is 1. The van der Waals surface area contributed by atoms with Gasteiger partial charge in [0.15, 0.2) is 0 Å². The minimum atomic E-state index is 0.817. The van der Waals surface area contributed by atoms with Gasteiger partial charge in [0.25, 0.3) is 0 Å². The van der Waals surface area contributed by atoms with E-state index >= 15 is 0 Å². The topological polar surface area (TPSA) is 41.3 Å². The lowest BCUT2D eigenvalue weighted by Crippen LogP contribution is -2.43.